The summed E-state index contributed by atoms with van der Waals surface area (Å²) in [6.07, 6.45) is 0.759. The highest BCUT2D eigenvalue weighted by Crippen LogP contribution is 2.30. The second-order valence-electron chi connectivity index (χ2n) is 3.13. The number of carbonyl (C=O) groups is 1. The Bertz CT molecular complexity index is 377. The van der Waals surface area contributed by atoms with E-state index in [0.29, 0.717) is 16.3 Å². The van der Waals surface area contributed by atoms with Gasteiger partial charge in [-0.25, -0.2) is 0 Å². The summed E-state index contributed by atoms with van der Waals surface area (Å²) in [5, 5.41) is 0.452. The summed E-state index contributed by atoms with van der Waals surface area (Å²) in [7, 11) is 1.56. The molecule has 0 saturated carbocycles. The quantitative estimate of drug-likeness (QED) is 0.801. The summed E-state index contributed by atoms with van der Waals surface area (Å²) in [6, 6.07) is 3.37. The van der Waals surface area contributed by atoms with Crippen molar-refractivity contribution >= 4 is 17.4 Å². The number of aryl methyl sites for hydroxylation is 1. The minimum absolute atomic E-state index is 0.00812. The summed E-state index contributed by atoms with van der Waals surface area (Å²) in [5.41, 5.74) is 6.75. The fourth-order valence-electron chi connectivity index (χ4n) is 1.42. The van der Waals surface area contributed by atoms with Gasteiger partial charge in [0.1, 0.15) is 5.75 Å². The lowest BCUT2D eigenvalue weighted by Crippen LogP contribution is -2.14. The van der Waals surface area contributed by atoms with E-state index in [0.717, 1.165) is 12.0 Å². The molecule has 1 aromatic carbocycles. The number of hydrogen-bond donors (Lipinski definition) is 1. The molecule has 2 N–H and O–H groups in total. The maximum atomic E-state index is 11.4. The SMILES string of the molecule is CCc1cc(C(=O)CN)cc(Cl)c1OC. The molecule has 0 atom stereocenters. The molecule has 82 valence electrons. The lowest BCUT2D eigenvalue weighted by Gasteiger charge is -2.10. The van der Waals surface area contributed by atoms with Crippen LogP contribution in [0.25, 0.3) is 0 Å². The number of rotatable bonds is 4. The molecule has 0 unspecified atom stereocenters. The number of nitrogens with two attached hydrogens (primary N) is 1. The summed E-state index contributed by atoms with van der Waals surface area (Å²) in [5.74, 6) is 0.516. The molecule has 4 heteroatoms. The first-order valence-electron chi connectivity index (χ1n) is 4.73. The predicted molar refractivity (Wildman–Crippen MR) is 60.8 cm³/mol. The van der Waals surface area contributed by atoms with Crippen LogP contribution in [0.5, 0.6) is 5.75 Å². The average Bonchev–Trinajstić information content (AvgIpc) is 2.26. The van der Waals surface area contributed by atoms with E-state index in [4.69, 9.17) is 22.1 Å². The standard InChI is InChI=1S/C11H14ClNO2/c1-3-7-4-8(10(14)6-13)5-9(12)11(7)15-2/h4-5H,3,6,13H2,1-2H3. The van der Waals surface area contributed by atoms with Crippen molar-refractivity contribution in [1.29, 1.82) is 0 Å². The van der Waals surface area contributed by atoms with Crippen LogP contribution in [0.15, 0.2) is 12.1 Å². The van der Waals surface area contributed by atoms with E-state index in [1.165, 1.54) is 0 Å². The second-order valence-corrected chi connectivity index (χ2v) is 3.54. The molecule has 1 aromatic rings. The topological polar surface area (TPSA) is 52.3 Å². The number of methoxy groups -OCH3 is 1. The Hall–Kier alpha value is -1.06. The molecule has 0 bridgehead atoms. The van der Waals surface area contributed by atoms with Crippen molar-refractivity contribution in [2.45, 2.75) is 13.3 Å². The Morgan fingerprint density at radius 1 is 1.53 bits per heavy atom. The number of Topliss-reactive ketones (excluding diaryl/α,β-unsaturated/α-hetero) is 1. The van der Waals surface area contributed by atoms with Gasteiger partial charge in [0.25, 0.3) is 0 Å². The number of halogens is 1. The number of carbonyl (C=O) groups excluding carboxylic acids is 1. The van der Waals surface area contributed by atoms with Gasteiger partial charge in [-0.05, 0) is 24.1 Å². The third-order valence-corrected chi connectivity index (χ3v) is 2.49. The van der Waals surface area contributed by atoms with Gasteiger partial charge < -0.3 is 10.5 Å². The van der Waals surface area contributed by atoms with E-state index in [2.05, 4.69) is 0 Å². The van der Waals surface area contributed by atoms with Crippen LogP contribution in [0, 0.1) is 0 Å². The van der Waals surface area contributed by atoms with Crippen molar-refractivity contribution in [1.82, 2.24) is 0 Å². The van der Waals surface area contributed by atoms with E-state index in [1.54, 1.807) is 19.2 Å². The molecule has 0 aromatic heterocycles. The van der Waals surface area contributed by atoms with Crippen LogP contribution < -0.4 is 10.5 Å². The van der Waals surface area contributed by atoms with Crippen LogP contribution in [-0.4, -0.2) is 19.4 Å². The lowest BCUT2D eigenvalue weighted by atomic mass is 10.0. The van der Waals surface area contributed by atoms with Gasteiger partial charge in [-0.2, -0.15) is 0 Å². The summed E-state index contributed by atoms with van der Waals surface area (Å²) in [6.45, 7) is 1.97. The molecule has 0 spiro atoms. The summed E-state index contributed by atoms with van der Waals surface area (Å²) in [4.78, 5) is 11.4. The zero-order valence-corrected chi connectivity index (χ0v) is 9.60. The fourth-order valence-corrected chi connectivity index (χ4v) is 1.74. The first-order valence-corrected chi connectivity index (χ1v) is 5.11. The van der Waals surface area contributed by atoms with Crippen LogP contribution in [0.1, 0.15) is 22.8 Å². The van der Waals surface area contributed by atoms with Crippen LogP contribution >= 0.6 is 11.6 Å². The Kier molecular flexibility index (Phi) is 4.12. The van der Waals surface area contributed by atoms with Crippen LogP contribution in [0.3, 0.4) is 0 Å². The Balaban J connectivity index is 3.25. The molecule has 0 radical (unpaired) electrons. The second kappa shape index (κ2) is 5.14. The molecule has 0 heterocycles. The molecule has 1 rings (SSSR count). The van der Waals surface area contributed by atoms with Crippen LogP contribution in [0.4, 0.5) is 0 Å². The normalized spacial score (nSPS) is 10.1. The van der Waals surface area contributed by atoms with Crippen molar-refractivity contribution in [3.63, 3.8) is 0 Å². The molecule has 0 aliphatic rings. The molecule has 0 aliphatic carbocycles. The smallest absolute Gasteiger partial charge is 0.176 e. The largest absolute Gasteiger partial charge is 0.495 e. The lowest BCUT2D eigenvalue weighted by molar-refractivity contribution is 0.100. The van der Waals surface area contributed by atoms with Crippen molar-refractivity contribution in [2.24, 2.45) is 5.73 Å². The summed E-state index contributed by atoms with van der Waals surface area (Å²) >= 11 is 6.00. The predicted octanol–water partition coefficient (Wildman–Crippen LogP) is 2.05. The van der Waals surface area contributed by atoms with Gasteiger partial charge in [0.05, 0.1) is 18.7 Å². The van der Waals surface area contributed by atoms with Crippen LogP contribution in [-0.2, 0) is 6.42 Å². The average molecular weight is 228 g/mol. The fraction of sp³-hybridized carbons (Fsp3) is 0.364. The number of benzene rings is 1. The van der Waals surface area contributed by atoms with Crippen molar-refractivity contribution in [3.8, 4) is 5.75 Å². The first-order chi connectivity index (χ1) is 7.13. The molecular formula is C11H14ClNO2. The molecule has 0 aliphatic heterocycles. The zero-order valence-electron chi connectivity index (χ0n) is 8.84. The van der Waals surface area contributed by atoms with Gasteiger partial charge in [0, 0.05) is 5.56 Å². The van der Waals surface area contributed by atoms with E-state index in [-0.39, 0.29) is 12.3 Å². The highest BCUT2D eigenvalue weighted by atomic mass is 35.5. The summed E-state index contributed by atoms with van der Waals surface area (Å²) < 4.78 is 5.16. The van der Waals surface area contributed by atoms with Gasteiger partial charge in [-0.3, -0.25) is 4.79 Å². The van der Waals surface area contributed by atoms with E-state index in [1.807, 2.05) is 6.92 Å². The van der Waals surface area contributed by atoms with Gasteiger partial charge in [-0.1, -0.05) is 18.5 Å². The first kappa shape index (κ1) is 12.0. The number of ketones is 1. The molecule has 0 saturated heterocycles. The zero-order chi connectivity index (χ0) is 11.4. The monoisotopic (exact) mass is 227 g/mol. The maximum absolute atomic E-state index is 11.4. The Morgan fingerprint density at radius 2 is 2.20 bits per heavy atom. The van der Waals surface area contributed by atoms with E-state index >= 15 is 0 Å². The minimum Gasteiger partial charge on any atom is -0.495 e. The molecule has 3 nitrogen and oxygen atoms in total. The highest BCUT2D eigenvalue weighted by Gasteiger charge is 2.12. The van der Waals surface area contributed by atoms with Crippen molar-refractivity contribution in [3.05, 3.63) is 28.3 Å². The van der Waals surface area contributed by atoms with Gasteiger partial charge in [0.15, 0.2) is 5.78 Å². The van der Waals surface area contributed by atoms with Crippen molar-refractivity contribution in [2.75, 3.05) is 13.7 Å². The Morgan fingerprint density at radius 3 is 2.67 bits per heavy atom. The van der Waals surface area contributed by atoms with E-state index in [9.17, 15) is 4.79 Å². The highest BCUT2D eigenvalue weighted by molar-refractivity contribution is 6.32. The molecular weight excluding hydrogens is 214 g/mol. The number of ether oxygens (including phenoxy) is 1. The van der Waals surface area contributed by atoms with E-state index < -0.39 is 0 Å². The van der Waals surface area contributed by atoms with Crippen molar-refractivity contribution < 1.29 is 9.53 Å². The molecule has 0 fully saturated rings. The van der Waals surface area contributed by atoms with Crippen LogP contribution in [0.2, 0.25) is 5.02 Å². The van der Waals surface area contributed by atoms with Gasteiger partial charge >= 0.3 is 0 Å². The van der Waals surface area contributed by atoms with Gasteiger partial charge in [-0.15, -0.1) is 0 Å². The number of hydrogen-bond acceptors (Lipinski definition) is 3. The third kappa shape index (κ3) is 2.49. The minimum atomic E-state index is -0.116. The Labute approximate surface area is 94.2 Å². The van der Waals surface area contributed by atoms with Gasteiger partial charge in [0.2, 0.25) is 0 Å². The third-order valence-electron chi connectivity index (χ3n) is 2.21. The maximum Gasteiger partial charge on any atom is 0.176 e. The molecule has 0 amide bonds. The molecule has 15 heavy (non-hydrogen) atoms.